The first kappa shape index (κ1) is 12.0. The number of nitrogens with zero attached hydrogens (tertiary/aromatic N) is 2. The van der Waals surface area contributed by atoms with E-state index < -0.39 is 5.97 Å². The SMILES string of the molecule is O=C(O)c1cccnc1NNN1C(=O)CCC1=O. The number of carbonyl (C=O) groups excluding carboxylic acids is 2. The summed E-state index contributed by atoms with van der Waals surface area (Å²) in [6.45, 7) is 0. The van der Waals surface area contributed by atoms with Crippen molar-refractivity contribution in [2.24, 2.45) is 0 Å². The Morgan fingerprint density at radius 1 is 1.33 bits per heavy atom. The highest BCUT2D eigenvalue weighted by atomic mass is 16.4. The lowest BCUT2D eigenvalue weighted by molar-refractivity contribution is -0.141. The van der Waals surface area contributed by atoms with Crippen molar-refractivity contribution in [3.63, 3.8) is 0 Å². The minimum atomic E-state index is -1.16. The van der Waals surface area contributed by atoms with Crippen molar-refractivity contribution in [2.75, 3.05) is 5.43 Å². The maximum Gasteiger partial charge on any atom is 0.339 e. The summed E-state index contributed by atoms with van der Waals surface area (Å²) >= 11 is 0. The van der Waals surface area contributed by atoms with Crippen molar-refractivity contribution in [3.05, 3.63) is 23.9 Å². The summed E-state index contributed by atoms with van der Waals surface area (Å²) in [7, 11) is 0. The number of pyridine rings is 1. The van der Waals surface area contributed by atoms with Gasteiger partial charge in [0.2, 0.25) is 11.8 Å². The third kappa shape index (κ3) is 2.28. The Hall–Kier alpha value is -2.48. The molecule has 3 N–H and O–H groups in total. The average molecular weight is 250 g/mol. The summed E-state index contributed by atoms with van der Waals surface area (Å²) in [5, 5.41) is 9.71. The standard InChI is InChI=1S/C10H10N4O4/c15-7-3-4-8(16)14(7)13-12-9-6(10(17)18)2-1-5-11-9/h1-2,5,13H,3-4H2,(H,11,12)(H,17,18). The highest BCUT2D eigenvalue weighted by Gasteiger charge is 2.29. The predicted octanol–water partition coefficient (Wildman–Crippen LogP) is -0.240. The summed E-state index contributed by atoms with van der Waals surface area (Å²) in [6.07, 6.45) is 1.67. The fraction of sp³-hybridized carbons (Fsp3) is 0.200. The number of nitrogens with one attached hydrogen (secondary N) is 2. The number of imide groups is 1. The Balaban J connectivity index is 2.09. The van der Waals surface area contributed by atoms with E-state index >= 15 is 0 Å². The van der Waals surface area contributed by atoms with E-state index in [0.717, 1.165) is 5.01 Å². The largest absolute Gasteiger partial charge is 0.478 e. The molecule has 0 bridgehead atoms. The molecule has 0 aliphatic carbocycles. The smallest absolute Gasteiger partial charge is 0.339 e. The first-order chi connectivity index (χ1) is 8.59. The molecule has 0 aromatic carbocycles. The Morgan fingerprint density at radius 2 is 2.00 bits per heavy atom. The molecule has 0 atom stereocenters. The lowest BCUT2D eigenvalue weighted by Crippen LogP contribution is -2.45. The summed E-state index contributed by atoms with van der Waals surface area (Å²) in [5.74, 6) is -1.88. The van der Waals surface area contributed by atoms with Crippen LogP contribution >= 0.6 is 0 Å². The van der Waals surface area contributed by atoms with E-state index in [-0.39, 0.29) is 36.0 Å². The number of amides is 2. The van der Waals surface area contributed by atoms with Crippen LogP contribution in [0.3, 0.4) is 0 Å². The van der Waals surface area contributed by atoms with Gasteiger partial charge in [0.1, 0.15) is 5.56 Å². The fourth-order valence-electron chi connectivity index (χ4n) is 1.49. The van der Waals surface area contributed by atoms with Crippen LogP contribution in [0.25, 0.3) is 0 Å². The van der Waals surface area contributed by atoms with Crippen molar-refractivity contribution >= 4 is 23.6 Å². The van der Waals surface area contributed by atoms with Crippen LogP contribution in [0, 0.1) is 0 Å². The normalized spacial score (nSPS) is 15.0. The first-order valence-electron chi connectivity index (χ1n) is 5.15. The van der Waals surface area contributed by atoms with E-state index in [2.05, 4.69) is 15.9 Å². The molecule has 18 heavy (non-hydrogen) atoms. The molecule has 1 aliphatic heterocycles. The number of hydrogen-bond acceptors (Lipinski definition) is 6. The molecule has 1 aromatic rings. The van der Waals surface area contributed by atoms with Gasteiger partial charge in [-0.05, 0) is 12.1 Å². The summed E-state index contributed by atoms with van der Waals surface area (Å²) in [4.78, 5) is 37.3. The zero-order chi connectivity index (χ0) is 13.1. The molecular weight excluding hydrogens is 240 g/mol. The number of carbonyl (C=O) groups is 3. The van der Waals surface area contributed by atoms with E-state index in [0.29, 0.717) is 0 Å². The molecule has 8 heteroatoms. The number of anilines is 1. The van der Waals surface area contributed by atoms with Crippen LogP contribution in [0.15, 0.2) is 18.3 Å². The first-order valence-corrected chi connectivity index (χ1v) is 5.15. The minimum Gasteiger partial charge on any atom is -0.478 e. The van der Waals surface area contributed by atoms with E-state index in [1.165, 1.54) is 18.3 Å². The van der Waals surface area contributed by atoms with Gasteiger partial charge in [0, 0.05) is 19.0 Å². The van der Waals surface area contributed by atoms with E-state index in [1.807, 2.05) is 0 Å². The highest BCUT2D eigenvalue weighted by molar-refractivity contribution is 6.01. The fourth-order valence-corrected chi connectivity index (χ4v) is 1.49. The van der Waals surface area contributed by atoms with Gasteiger partial charge in [-0.1, -0.05) is 0 Å². The number of carboxylic acid groups (broad SMARTS) is 1. The molecule has 0 spiro atoms. The van der Waals surface area contributed by atoms with E-state index in [4.69, 9.17) is 5.11 Å². The Labute approximate surface area is 102 Å². The zero-order valence-electron chi connectivity index (χ0n) is 9.21. The van der Waals surface area contributed by atoms with Gasteiger partial charge >= 0.3 is 5.97 Å². The van der Waals surface area contributed by atoms with E-state index in [1.54, 1.807) is 0 Å². The van der Waals surface area contributed by atoms with E-state index in [9.17, 15) is 14.4 Å². The van der Waals surface area contributed by atoms with Gasteiger partial charge in [0.15, 0.2) is 5.82 Å². The molecule has 94 valence electrons. The Kier molecular flexibility index (Phi) is 3.20. The third-order valence-corrected chi connectivity index (χ3v) is 2.38. The van der Waals surface area contributed by atoms with Crippen molar-refractivity contribution < 1.29 is 19.5 Å². The minimum absolute atomic E-state index is 0.0255. The molecule has 1 saturated heterocycles. The van der Waals surface area contributed by atoms with Crippen molar-refractivity contribution in [1.29, 1.82) is 0 Å². The average Bonchev–Trinajstić information content (AvgIpc) is 2.67. The molecule has 1 aromatic heterocycles. The lowest BCUT2D eigenvalue weighted by atomic mass is 10.2. The van der Waals surface area contributed by atoms with Crippen LogP contribution in [0.1, 0.15) is 23.2 Å². The number of hydrogen-bond donors (Lipinski definition) is 3. The maximum atomic E-state index is 11.3. The van der Waals surface area contributed by atoms with Crippen molar-refractivity contribution in [3.8, 4) is 0 Å². The predicted molar refractivity (Wildman–Crippen MR) is 59.0 cm³/mol. The van der Waals surface area contributed by atoms with Gasteiger partial charge in [-0.15, -0.1) is 5.53 Å². The molecule has 1 fully saturated rings. The molecule has 2 amide bonds. The lowest BCUT2D eigenvalue weighted by Gasteiger charge is -2.16. The second-order valence-corrected chi connectivity index (χ2v) is 3.56. The van der Waals surface area contributed by atoms with Crippen LogP contribution in [0.5, 0.6) is 0 Å². The number of rotatable bonds is 4. The van der Waals surface area contributed by atoms with Gasteiger partial charge in [-0.3, -0.25) is 15.0 Å². The van der Waals surface area contributed by atoms with Crippen LogP contribution in [-0.4, -0.2) is 32.9 Å². The Morgan fingerprint density at radius 3 is 2.61 bits per heavy atom. The summed E-state index contributed by atoms with van der Waals surface area (Å²) in [6, 6.07) is 2.83. The maximum absolute atomic E-state index is 11.3. The number of hydrazine groups is 2. The second kappa shape index (κ2) is 4.80. The van der Waals surface area contributed by atoms with Crippen LogP contribution in [0.2, 0.25) is 0 Å². The van der Waals surface area contributed by atoms with Gasteiger partial charge in [-0.25, -0.2) is 9.78 Å². The number of carboxylic acids is 1. The zero-order valence-corrected chi connectivity index (χ0v) is 9.21. The third-order valence-electron chi connectivity index (χ3n) is 2.38. The quantitative estimate of drug-likeness (QED) is 0.499. The number of aromatic nitrogens is 1. The van der Waals surface area contributed by atoms with Gasteiger partial charge < -0.3 is 5.11 Å². The second-order valence-electron chi connectivity index (χ2n) is 3.56. The monoisotopic (exact) mass is 250 g/mol. The van der Waals surface area contributed by atoms with Gasteiger partial charge in [0.25, 0.3) is 0 Å². The van der Waals surface area contributed by atoms with Gasteiger partial charge in [-0.2, -0.15) is 5.01 Å². The van der Waals surface area contributed by atoms with Gasteiger partial charge in [0.05, 0.1) is 0 Å². The summed E-state index contributed by atoms with van der Waals surface area (Å²) in [5.41, 5.74) is 4.73. The van der Waals surface area contributed by atoms with Crippen molar-refractivity contribution in [2.45, 2.75) is 12.8 Å². The number of aromatic carboxylic acids is 1. The topological polar surface area (TPSA) is 112 Å². The molecule has 0 saturated carbocycles. The summed E-state index contributed by atoms with van der Waals surface area (Å²) < 4.78 is 0. The highest BCUT2D eigenvalue weighted by Crippen LogP contribution is 2.12. The Bertz CT molecular complexity index is 500. The molecule has 0 radical (unpaired) electrons. The molecule has 8 nitrogen and oxygen atoms in total. The van der Waals surface area contributed by atoms with Crippen LogP contribution < -0.4 is 11.0 Å². The molecule has 2 rings (SSSR count). The van der Waals surface area contributed by atoms with Crippen molar-refractivity contribution in [1.82, 2.24) is 15.5 Å². The van der Waals surface area contributed by atoms with Crippen LogP contribution in [0.4, 0.5) is 5.82 Å². The molecule has 1 aliphatic rings. The van der Waals surface area contributed by atoms with Crippen LogP contribution in [-0.2, 0) is 9.59 Å². The molecule has 0 unspecified atom stereocenters. The molecule has 2 heterocycles. The molecular formula is C10H10N4O4.